The molecule has 0 bridgehead atoms. The van der Waals surface area contributed by atoms with Crippen LogP contribution in [0.25, 0.3) is 0 Å². The van der Waals surface area contributed by atoms with Crippen molar-refractivity contribution in [1.29, 1.82) is 0 Å². The first-order valence-electron chi connectivity index (χ1n) is 3.73. The SMILES string of the molecule is CC(C)CCC(C)N=C=S. The van der Waals surface area contributed by atoms with Crippen molar-refractivity contribution >= 4 is 17.4 Å². The maximum atomic E-state index is 4.49. The summed E-state index contributed by atoms with van der Waals surface area (Å²) in [7, 11) is 0. The van der Waals surface area contributed by atoms with Gasteiger partial charge in [-0.3, -0.25) is 0 Å². The highest BCUT2D eigenvalue weighted by Gasteiger charge is 1.99. The lowest BCUT2D eigenvalue weighted by atomic mass is 10.1. The molecule has 1 atom stereocenters. The molecule has 0 rings (SSSR count). The van der Waals surface area contributed by atoms with Gasteiger partial charge in [0.05, 0.1) is 11.2 Å². The maximum absolute atomic E-state index is 4.49. The second kappa shape index (κ2) is 5.57. The van der Waals surface area contributed by atoms with Crippen molar-refractivity contribution in [2.24, 2.45) is 10.9 Å². The Bertz CT molecular complexity index is 125. The monoisotopic (exact) mass is 157 g/mol. The maximum Gasteiger partial charge on any atom is 0.0587 e. The van der Waals surface area contributed by atoms with Crippen LogP contribution in [0.4, 0.5) is 0 Å². The van der Waals surface area contributed by atoms with E-state index in [0.29, 0.717) is 6.04 Å². The van der Waals surface area contributed by atoms with Crippen LogP contribution in [0.15, 0.2) is 4.99 Å². The van der Waals surface area contributed by atoms with Gasteiger partial charge in [-0.25, -0.2) is 4.99 Å². The second-order valence-corrected chi connectivity index (χ2v) is 3.22. The smallest absolute Gasteiger partial charge is 0.0587 e. The molecule has 2 heteroatoms. The molecule has 0 amide bonds. The van der Waals surface area contributed by atoms with Crippen molar-refractivity contribution in [2.75, 3.05) is 0 Å². The Kier molecular flexibility index (Phi) is 5.46. The lowest BCUT2D eigenvalue weighted by molar-refractivity contribution is 0.516. The van der Waals surface area contributed by atoms with E-state index < -0.39 is 0 Å². The van der Waals surface area contributed by atoms with Crippen LogP contribution in [0.5, 0.6) is 0 Å². The molecule has 10 heavy (non-hydrogen) atoms. The van der Waals surface area contributed by atoms with Crippen LogP contribution < -0.4 is 0 Å². The molecular weight excluding hydrogens is 142 g/mol. The van der Waals surface area contributed by atoms with Crippen LogP contribution >= 0.6 is 12.2 Å². The van der Waals surface area contributed by atoms with Crippen molar-refractivity contribution in [3.63, 3.8) is 0 Å². The molecule has 0 aliphatic rings. The fourth-order valence-electron chi connectivity index (χ4n) is 0.729. The minimum atomic E-state index is 0.361. The minimum absolute atomic E-state index is 0.361. The van der Waals surface area contributed by atoms with Gasteiger partial charge in [-0.15, -0.1) is 0 Å². The molecule has 1 nitrogen and oxygen atoms in total. The van der Waals surface area contributed by atoms with Crippen LogP contribution in [-0.4, -0.2) is 11.2 Å². The van der Waals surface area contributed by atoms with Crippen molar-refractivity contribution in [2.45, 2.75) is 39.7 Å². The molecular formula is C8H15NS. The van der Waals surface area contributed by atoms with E-state index in [2.05, 4.69) is 43.1 Å². The van der Waals surface area contributed by atoms with E-state index in [4.69, 9.17) is 0 Å². The number of nitrogens with zero attached hydrogens (tertiary/aromatic N) is 1. The molecule has 0 aromatic carbocycles. The summed E-state index contributed by atoms with van der Waals surface area (Å²) < 4.78 is 0. The van der Waals surface area contributed by atoms with E-state index in [1.165, 1.54) is 6.42 Å². The molecule has 0 heterocycles. The second-order valence-electron chi connectivity index (χ2n) is 3.04. The third-order valence-electron chi connectivity index (χ3n) is 1.43. The topological polar surface area (TPSA) is 12.4 Å². The van der Waals surface area contributed by atoms with E-state index in [1.54, 1.807) is 0 Å². The molecule has 58 valence electrons. The van der Waals surface area contributed by atoms with E-state index in [0.717, 1.165) is 12.3 Å². The molecule has 0 saturated carbocycles. The number of hydrogen-bond donors (Lipinski definition) is 0. The Morgan fingerprint density at radius 1 is 1.30 bits per heavy atom. The molecule has 0 saturated heterocycles. The predicted molar refractivity (Wildman–Crippen MR) is 48.6 cm³/mol. The average Bonchev–Trinajstić information content (AvgIpc) is 1.85. The average molecular weight is 157 g/mol. The summed E-state index contributed by atoms with van der Waals surface area (Å²) in [6.45, 7) is 6.50. The lowest BCUT2D eigenvalue weighted by Gasteiger charge is -2.05. The van der Waals surface area contributed by atoms with E-state index in [1.807, 2.05) is 0 Å². The summed E-state index contributed by atoms with van der Waals surface area (Å²) in [6, 6.07) is 0.361. The Hall–Kier alpha value is -0.200. The molecule has 1 unspecified atom stereocenters. The van der Waals surface area contributed by atoms with E-state index in [9.17, 15) is 0 Å². The van der Waals surface area contributed by atoms with Crippen LogP contribution in [0.3, 0.4) is 0 Å². The zero-order valence-electron chi connectivity index (χ0n) is 6.92. The van der Waals surface area contributed by atoms with Crippen molar-refractivity contribution in [1.82, 2.24) is 0 Å². The van der Waals surface area contributed by atoms with Gasteiger partial charge in [0.1, 0.15) is 0 Å². The molecule has 0 aromatic rings. The van der Waals surface area contributed by atoms with Crippen LogP contribution in [0.1, 0.15) is 33.6 Å². The molecule has 0 N–H and O–H groups in total. The lowest BCUT2D eigenvalue weighted by Crippen LogP contribution is -1.99. The Morgan fingerprint density at radius 2 is 1.90 bits per heavy atom. The standard InChI is InChI=1S/C8H15NS/c1-7(2)4-5-8(3)9-6-10/h7-8H,4-5H2,1-3H3. The van der Waals surface area contributed by atoms with E-state index >= 15 is 0 Å². The number of isothiocyanates is 1. The van der Waals surface area contributed by atoms with Gasteiger partial charge in [0, 0.05) is 0 Å². The van der Waals surface area contributed by atoms with Gasteiger partial charge in [-0.2, -0.15) is 0 Å². The molecule has 0 fully saturated rings. The third-order valence-corrected chi connectivity index (χ3v) is 1.54. The summed E-state index contributed by atoms with van der Waals surface area (Å²) in [5.74, 6) is 0.766. The number of aliphatic imine (C=N–C) groups is 1. The van der Waals surface area contributed by atoms with Crippen LogP contribution in [-0.2, 0) is 0 Å². The van der Waals surface area contributed by atoms with Gasteiger partial charge < -0.3 is 0 Å². The quantitative estimate of drug-likeness (QED) is 0.451. The summed E-state index contributed by atoms with van der Waals surface area (Å²) in [4.78, 5) is 3.96. The molecule has 0 aliphatic heterocycles. The summed E-state index contributed by atoms with van der Waals surface area (Å²) in [5.41, 5.74) is 0. The van der Waals surface area contributed by atoms with Gasteiger partial charge in [-0.05, 0) is 37.9 Å². The molecule has 0 aliphatic carbocycles. The highest BCUT2D eigenvalue weighted by atomic mass is 32.1. The van der Waals surface area contributed by atoms with Gasteiger partial charge in [-0.1, -0.05) is 13.8 Å². The first-order chi connectivity index (χ1) is 4.66. The van der Waals surface area contributed by atoms with Crippen LogP contribution in [0.2, 0.25) is 0 Å². The van der Waals surface area contributed by atoms with Crippen molar-refractivity contribution < 1.29 is 0 Å². The van der Waals surface area contributed by atoms with Crippen molar-refractivity contribution in [3.8, 4) is 0 Å². The number of thiocarbonyl (C=S) groups is 1. The van der Waals surface area contributed by atoms with Crippen molar-refractivity contribution in [3.05, 3.63) is 0 Å². The largest absolute Gasteiger partial charge is 0.229 e. The zero-order chi connectivity index (χ0) is 7.98. The highest BCUT2D eigenvalue weighted by molar-refractivity contribution is 7.78. The summed E-state index contributed by atoms with van der Waals surface area (Å²) in [6.07, 6.45) is 2.35. The predicted octanol–water partition coefficient (Wildman–Crippen LogP) is 2.91. The zero-order valence-corrected chi connectivity index (χ0v) is 7.74. The van der Waals surface area contributed by atoms with Gasteiger partial charge in [0.2, 0.25) is 0 Å². The number of rotatable bonds is 4. The Balaban J connectivity index is 3.39. The normalized spacial score (nSPS) is 12.8. The van der Waals surface area contributed by atoms with Crippen LogP contribution in [0, 0.1) is 5.92 Å². The van der Waals surface area contributed by atoms with Gasteiger partial charge in [0.15, 0.2) is 0 Å². The van der Waals surface area contributed by atoms with Gasteiger partial charge >= 0.3 is 0 Å². The summed E-state index contributed by atoms with van der Waals surface area (Å²) in [5, 5.41) is 2.40. The fourth-order valence-corrected chi connectivity index (χ4v) is 0.909. The summed E-state index contributed by atoms with van der Waals surface area (Å²) >= 11 is 4.49. The first-order valence-corrected chi connectivity index (χ1v) is 4.14. The molecule has 0 spiro atoms. The Morgan fingerprint density at radius 3 is 2.30 bits per heavy atom. The number of hydrogen-bond acceptors (Lipinski definition) is 2. The first kappa shape index (κ1) is 9.80. The third kappa shape index (κ3) is 5.93. The molecule has 0 aromatic heterocycles. The minimum Gasteiger partial charge on any atom is -0.229 e. The highest BCUT2D eigenvalue weighted by Crippen LogP contribution is 2.07. The fraction of sp³-hybridized carbons (Fsp3) is 0.875. The van der Waals surface area contributed by atoms with Gasteiger partial charge in [0.25, 0.3) is 0 Å². The Labute approximate surface area is 68.5 Å². The van der Waals surface area contributed by atoms with E-state index in [-0.39, 0.29) is 0 Å². The molecule has 0 radical (unpaired) electrons.